The first kappa shape index (κ1) is 16.4. The van der Waals surface area contributed by atoms with Crippen LogP contribution in [-0.4, -0.2) is 16.8 Å². The molecule has 2 nitrogen and oxygen atoms in total. The summed E-state index contributed by atoms with van der Waals surface area (Å²) in [4.78, 5) is 1.07. The predicted molar refractivity (Wildman–Crippen MR) is 83.7 cm³/mol. The Hall–Kier alpha value is -0.690. The van der Waals surface area contributed by atoms with Crippen LogP contribution < -0.4 is 5.32 Å². The average molecular weight is 297 g/mol. The molecule has 0 aromatic heterocycles. The summed E-state index contributed by atoms with van der Waals surface area (Å²) in [5.41, 5.74) is -0.498. The number of nitrogens with one attached hydrogen (secondary N) is 1. The van der Waals surface area contributed by atoms with Crippen LogP contribution in [0.25, 0.3) is 0 Å². The van der Waals surface area contributed by atoms with Crippen molar-refractivity contribution in [3.63, 3.8) is 0 Å². The molecule has 0 bridgehead atoms. The highest BCUT2D eigenvalue weighted by molar-refractivity contribution is 8.00. The highest BCUT2D eigenvalue weighted by Gasteiger charge is 2.27. The molecule has 1 aromatic carbocycles. The first-order valence-electron chi connectivity index (χ1n) is 6.46. The number of rotatable bonds is 6. The van der Waals surface area contributed by atoms with Crippen molar-refractivity contribution in [1.82, 2.24) is 5.32 Å². The largest absolute Gasteiger partial charge is 0.297 e. The Labute approximate surface area is 125 Å². The van der Waals surface area contributed by atoms with Crippen molar-refractivity contribution in [3.05, 3.63) is 29.3 Å². The molecule has 0 saturated heterocycles. The fourth-order valence-corrected chi connectivity index (χ4v) is 3.60. The Morgan fingerprint density at radius 3 is 2.53 bits per heavy atom. The number of hydrogen-bond donors (Lipinski definition) is 1. The summed E-state index contributed by atoms with van der Waals surface area (Å²) in [6.07, 6.45) is 0.775. The van der Waals surface area contributed by atoms with Crippen LogP contribution in [0.3, 0.4) is 0 Å². The Bertz CT molecular complexity index is 456. The van der Waals surface area contributed by atoms with Gasteiger partial charge in [0.25, 0.3) is 0 Å². The monoisotopic (exact) mass is 296 g/mol. The molecule has 19 heavy (non-hydrogen) atoms. The molecule has 1 N–H and O–H groups in total. The molecular weight excluding hydrogens is 276 g/mol. The Kier molecular flexibility index (Phi) is 6.19. The number of hydrogen-bond acceptors (Lipinski definition) is 3. The maximum Gasteiger partial charge on any atom is 0.105 e. The van der Waals surface area contributed by atoms with E-state index in [1.165, 1.54) is 0 Å². The molecule has 0 heterocycles. The lowest BCUT2D eigenvalue weighted by Crippen LogP contribution is -2.46. The zero-order valence-electron chi connectivity index (χ0n) is 11.9. The molecule has 0 amide bonds. The van der Waals surface area contributed by atoms with Crippen molar-refractivity contribution in [2.24, 2.45) is 0 Å². The van der Waals surface area contributed by atoms with Gasteiger partial charge in [0.2, 0.25) is 0 Å². The Morgan fingerprint density at radius 2 is 2.00 bits per heavy atom. The summed E-state index contributed by atoms with van der Waals surface area (Å²) in [6.45, 7) is 8.20. The van der Waals surface area contributed by atoms with Gasteiger partial charge in [0.15, 0.2) is 0 Å². The molecule has 0 aliphatic heterocycles. The van der Waals surface area contributed by atoms with Gasteiger partial charge in [0.05, 0.1) is 11.1 Å². The van der Waals surface area contributed by atoms with E-state index in [1.807, 2.05) is 31.2 Å². The van der Waals surface area contributed by atoms with Crippen LogP contribution in [0.2, 0.25) is 5.02 Å². The SMILES string of the molecule is CC(C)NC(C)(C#N)CC(C)Sc1ccccc1Cl. The van der Waals surface area contributed by atoms with E-state index in [1.54, 1.807) is 11.8 Å². The quantitative estimate of drug-likeness (QED) is 0.786. The van der Waals surface area contributed by atoms with Gasteiger partial charge in [-0.2, -0.15) is 5.26 Å². The zero-order valence-corrected chi connectivity index (χ0v) is 13.5. The molecule has 2 atom stereocenters. The van der Waals surface area contributed by atoms with E-state index in [0.29, 0.717) is 11.3 Å². The highest BCUT2D eigenvalue weighted by Crippen LogP contribution is 2.33. The van der Waals surface area contributed by atoms with Crippen molar-refractivity contribution in [1.29, 1.82) is 5.26 Å². The molecule has 0 aliphatic carbocycles. The molecule has 4 heteroatoms. The van der Waals surface area contributed by atoms with Crippen LogP contribution in [0, 0.1) is 11.3 Å². The van der Waals surface area contributed by atoms with Gasteiger partial charge in [-0.05, 0) is 39.3 Å². The number of halogens is 1. The lowest BCUT2D eigenvalue weighted by Gasteiger charge is -2.28. The summed E-state index contributed by atoms with van der Waals surface area (Å²) in [7, 11) is 0. The molecule has 0 radical (unpaired) electrons. The van der Waals surface area contributed by atoms with Gasteiger partial charge in [-0.1, -0.05) is 30.7 Å². The van der Waals surface area contributed by atoms with E-state index >= 15 is 0 Å². The van der Waals surface area contributed by atoms with Gasteiger partial charge in [0, 0.05) is 16.2 Å². The van der Waals surface area contributed by atoms with Gasteiger partial charge >= 0.3 is 0 Å². The van der Waals surface area contributed by atoms with Crippen LogP contribution in [0.4, 0.5) is 0 Å². The van der Waals surface area contributed by atoms with Crippen molar-refractivity contribution in [3.8, 4) is 6.07 Å². The second kappa shape index (κ2) is 7.19. The summed E-state index contributed by atoms with van der Waals surface area (Å²) in [6, 6.07) is 10.5. The van der Waals surface area contributed by atoms with Gasteiger partial charge in [-0.15, -0.1) is 11.8 Å². The fourth-order valence-electron chi connectivity index (χ4n) is 2.15. The summed E-state index contributed by atoms with van der Waals surface area (Å²) >= 11 is 7.87. The smallest absolute Gasteiger partial charge is 0.105 e. The molecule has 104 valence electrons. The maximum absolute atomic E-state index is 9.36. The minimum absolute atomic E-state index is 0.294. The van der Waals surface area contributed by atoms with E-state index in [-0.39, 0.29) is 0 Å². The van der Waals surface area contributed by atoms with Crippen molar-refractivity contribution < 1.29 is 0 Å². The van der Waals surface area contributed by atoms with Crippen LogP contribution >= 0.6 is 23.4 Å². The number of thioether (sulfide) groups is 1. The molecule has 0 fully saturated rings. The third-order valence-electron chi connectivity index (χ3n) is 2.71. The van der Waals surface area contributed by atoms with Gasteiger partial charge in [0.1, 0.15) is 5.54 Å². The minimum Gasteiger partial charge on any atom is -0.297 e. The third-order valence-corrected chi connectivity index (χ3v) is 4.34. The fraction of sp³-hybridized carbons (Fsp3) is 0.533. The van der Waals surface area contributed by atoms with E-state index in [2.05, 4.69) is 32.2 Å². The van der Waals surface area contributed by atoms with Crippen LogP contribution in [0.15, 0.2) is 29.2 Å². The normalized spacial score (nSPS) is 15.8. The van der Waals surface area contributed by atoms with E-state index in [4.69, 9.17) is 11.6 Å². The van der Waals surface area contributed by atoms with E-state index < -0.39 is 5.54 Å². The highest BCUT2D eigenvalue weighted by atomic mass is 35.5. The maximum atomic E-state index is 9.36. The molecular formula is C15H21ClN2S. The van der Waals surface area contributed by atoms with Crippen molar-refractivity contribution >= 4 is 23.4 Å². The van der Waals surface area contributed by atoms with Gasteiger partial charge in [-0.3, -0.25) is 5.32 Å². The van der Waals surface area contributed by atoms with Gasteiger partial charge in [-0.25, -0.2) is 0 Å². The molecule has 2 unspecified atom stereocenters. The van der Waals surface area contributed by atoms with E-state index in [0.717, 1.165) is 16.3 Å². The van der Waals surface area contributed by atoms with Crippen molar-refractivity contribution in [2.45, 2.75) is 55.8 Å². The molecule has 1 rings (SSSR count). The lowest BCUT2D eigenvalue weighted by molar-refractivity contribution is 0.382. The van der Waals surface area contributed by atoms with Gasteiger partial charge < -0.3 is 0 Å². The van der Waals surface area contributed by atoms with Crippen LogP contribution in [0.5, 0.6) is 0 Å². The number of nitrogens with zero attached hydrogens (tertiary/aromatic N) is 1. The molecule has 0 aliphatic rings. The van der Waals surface area contributed by atoms with Crippen LogP contribution in [0.1, 0.15) is 34.1 Å². The van der Waals surface area contributed by atoms with Crippen LogP contribution in [-0.2, 0) is 0 Å². The Balaban J connectivity index is 2.67. The molecule has 0 saturated carbocycles. The zero-order chi connectivity index (χ0) is 14.5. The summed E-state index contributed by atoms with van der Waals surface area (Å²) in [5, 5.41) is 13.8. The Morgan fingerprint density at radius 1 is 1.37 bits per heavy atom. The average Bonchev–Trinajstić information content (AvgIpc) is 2.31. The first-order valence-corrected chi connectivity index (χ1v) is 7.72. The third kappa shape index (κ3) is 5.44. The standard InChI is InChI=1S/C15H21ClN2S/c1-11(2)18-15(4,10-17)9-12(3)19-14-8-6-5-7-13(14)16/h5-8,11-12,18H,9H2,1-4H3. The number of benzene rings is 1. The first-order chi connectivity index (χ1) is 8.86. The predicted octanol–water partition coefficient (Wildman–Crippen LogP) is 4.49. The summed E-state index contributed by atoms with van der Waals surface area (Å²) in [5.74, 6) is 0. The minimum atomic E-state index is -0.498. The topological polar surface area (TPSA) is 35.8 Å². The lowest BCUT2D eigenvalue weighted by atomic mass is 9.97. The number of nitriles is 1. The second-order valence-electron chi connectivity index (χ2n) is 5.31. The van der Waals surface area contributed by atoms with E-state index in [9.17, 15) is 5.26 Å². The molecule has 0 spiro atoms. The second-order valence-corrected chi connectivity index (χ2v) is 7.19. The summed E-state index contributed by atoms with van der Waals surface area (Å²) < 4.78 is 0. The molecule has 1 aromatic rings. The van der Waals surface area contributed by atoms with Crippen molar-refractivity contribution in [2.75, 3.05) is 0 Å².